The van der Waals surface area contributed by atoms with E-state index in [1.807, 2.05) is 18.2 Å². The van der Waals surface area contributed by atoms with Gasteiger partial charge in [-0.1, -0.05) is 49.6 Å². The van der Waals surface area contributed by atoms with Crippen molar-refractivity contribution in [3.63, 3.8) is 0 Å². The number of phenols is 1. The van der Waals surface area contributed by atoms with Crippen LogP contribution in [0.15, 0.2) is 36.4 Å². The van der Waals surface area contributed by atoms with E-state index in [9.17, 15) is 5.11 Å². The predicted octanol–water partition coefficient (Wildman–Crippen LogP) is 6.40. The zero-order chi connectivity index (χ0) is 19.3. The molecule has 0 aromatic heterocycles. The van der Waals surface area contributed by atoms with Crippen LogP contribution in [-0.2, 0) is 11.2 Å². The van der Waals surface area contributed by atoms with Crippen molar-refractivity contribution < 1.29 is 14.6 Å². The molecule has 3 rings (SSSR count). The number of hydrogen-bond donors (Lipinski definition) is 1. The average molecular weight is 369 g/mol. The zero-order valence-corrected chi connectivity index (χ0v) is 16.9. The maximum atomic E-state index is 10.9. The fourth-order valence-corrected chi connectivity index (χ4v) is 4.01. The van der Waals surface area contributed by atoms with E-state index in [2.05, 4.69) is 32.0 Å². The van der Waals surface area contributed by atoms with Crippen molar-refractivity contribution in [3.8, 4) is 22.6 Å². The molecule has 0 amide bonds. The molecule has 1 fully saturated rings. The first-order valence-corrected chi connectivity index (χ1v) is 10.2. The van der Waals surface area contributed by atoms with E-state index in [1.165, 1.54) is 12.8 Å². The number of unbranched alkanes of at least 4 members (excludes halogenated alkanes) is 2. The molecule has 1 aliphatic rings. The molecule has 146 valence electrons. The smallest absolute Gasteiger partial charge is 0.210 e. The first-order valence-electron chi connectivity index (χ1n) is 10.2. The van der Waals surface area contributed by atoms with Crippen molar-refractivity contribution in [2.45, 2.75) is 71.0 Å². The molecule has 0 aliphatic heterocycles. The van der Waals surface area contributed by atoms with Gasteiger partial charge in [0.15, 0.2) is 0 Å². The third-order valence-electron chi connectivity index (χ3n) is 5.55. The summed E-state index contributed by atoms with van der Waals surface area (Å²) in [5.74, 6) is 0.442. The van der Waals surface area contributed by atoms with Gasteiger partial charge in [-0.3, -0.25) is 0 Å². The fourth-order valence-electron chi connectivity index (χ4n) is 4.01. The standard InChI is InChI=1S/C24H32O3/c1-4-5-6-11-19-16-21(25)23(20-12-9-10-18(2)15-20)22(17-19)27-24(26-3)13-7-8-14-24/h9-10,12,15-17,25H,4-8,11,13-14H2,1-3H3. The van der Waals surface area contributed by atoms with Crippen LogP contribution in [0.25, 0.3) is 11.1 Å². The highest BCUT2D eigenvalue weighted by Crippen LogP contribution is 2.44. The van der Waals surface area contributed by atoms with Gasteiger partial charge in [-0.05, 0) is 55.9 Å². The molecule has 0 saturated heterocycles. The van der Waals surface area contributed by atoms with E-state index in [0.29, 0.717) is 0 Å². The highest BCUT2D eigenvalue weighted by Gasteiger charge is 2.37. The molecule has 0 radical (unpaired) electrons. The molecule has 1 saturated carbocycles. The summed E-state index contributed by atoms with van der Waals surface area (Å²) < 4.78 is 12.3. The lowest BCUT2D eigenvalue weighted by molar-refractivity contribution is -0.157. The minimum Gasteiger partial charge on any atom is -0.507 e. The maximum Gasteiger partial charge on any atom is 0.210 e. The Morgan fingerprint density at radius 2 is 1.85 bits per heavy atom. The first kappa shape index (κ1) is 19.8. The van der Waals surface area contributed by atoms with Crippen LogP contribution in [0.5, 0.6) is 11.5 Å². The number of aryl methyl sites for hydroxylation is 2. The Bertz CT molecular complexity index is 760. The molecule has 0 atom stereocenters. The Morgan fingerprint density at radius 1 is 1.07 bits per heavy atom. The maximum absolute atomic E-state index is 10.9. The molecule has 0 spiro atoms. The van der Waals surface area contributed by atoms with Crippen LogP contribution in [0.1, 0.15) is 63.0 Å². The summed E-state index contributed by atoms with van der Waals surface area (Å²) in [5.41, 5.74) is 4.02. The van der Waals surface area contributed by atoms with Gasteiger partial charge in [0.25, 0.3) is 0 Å². The second kappa shape index (κ2) is 8.79. The van der Waals surface area contributed by atoms with E-state index < -0.39 is 5.79 Å². The van der Waals surface area contributed by atoms with Crippen molar-refractivity contribution in [3.05, 3.63) is 47.5 Å². The molecule has 0 heterocycles. The molecule has 0 bridgehead atoms. The van der Waals surface area contributed by atoms with Crippen molar-refractivity contribution in [1.29, 1.82) is 0 Å². The average Bonchev–Trinajstić information content (AvgIpc) is 3.11. The topological polar surface area (TPSA) is 38.7 Å². The summed E-state index contributed by atoms with van der Waals surface area (Å²) in [6.07, 6.45) is 8.43. The number of phenolic OH excluding ortho intramolecular Hbond substituents is 1. The van der Waals surface area contributed by atoms with E-state index in [4.69, 9.17) is 9.47 Å². The van der Waals surface area contributed by atoms with Gasteiger partial charge in [0, 0.05) is 20.0 Å². The summed E-state index contributed by atoms with van der Waals surface area (Å²) in [6.45, 7) is 4.27. The monoisotopic (exact) mass is 368 g/mol. The Balaban J connectivity index is 2.02. The molecule has 3 heteroatoms. The van der Waals surface area contributed by atoms with E-state index >= 15 is 0 Å². The Hall–Kier alpha value is -2.00. The van der Waals surface area contributed by atoms with Crippen LogP contribution >= 0.6 is 0 Å². The lowest BCUT2D eigenvalue weighted by atomic mass is 9.97. The summed E-state index contributed by atoms with van der Waals surface area (Å²) in [4.78, 5) is 0. The molecule has 3 nitrogen and oxygen atoms in total. The highest BCUT2D eigenvalue weighted by atomic mass is 16.7. The fraction of sp³-hybridized carbons (Fsp3) is 0.500. The Kier molecular flexibility index (Phi) is 6.43. The third kappa shape index (κ3) is 4.65. The van der Waals surface area contributed by atoms with Gasteiger partial charge in [-0.15, -0.1) is 0 Å². The SMILES string of the molecule is CCCCCc1cc(O)c(-c2cccc(C)c2)c(OC2(OC)CCCC2)c1. The number of methoxy groups -OCH3 is 1. The molecule has 2 aromatic rings. The molecule has 27 heavy (non-hydrogen) atoms. The van der Waals surface area contributed by atoms with Gasteiger partial charge in [-0.25, -0.2) is 0 Å². The second-order valence-electron chi connectivity index (χ2n) is 7.74. The summed E-state index contributed by atoms with van der Waals surface area (Å²) in [5, 5.41) is 10.9. The van der Waals surface area contributed by atoms with Crippen LogP contribution < -0.4 is 4.74 Å². The molecular formula is C24H32O3. The van der Waals surface area contributed by atoms with Crippen LogP contribution in [0, 0.1) is 6.92 Å². The van der Waals surface area contributed by atoms with Gasteiger partial charge < -0.3 is 14.6 Å². The third-order valence-corrected chi connectivity index (χ3v) is 5.55. The van der Waals surface area contributed by atoms with E-state index in [1.54, 1.807) is 7.11 Å². The highest BCUT2D eigenvalue weighted by molar-refractivity contribution is 5.77. The largest absolute Gasteiger partial charge is 0.507 e. The number of benzene rings is 2. The normalized spacial score (nSPS) is 15.8. The quantitative estimate of drug-likeness (QED) is 0.433. The zero-order valence-electron chi connectivity index (χ0n) is 16.9. The van der Waals surface area contributed by atoms with Crippen LogP contribution in [-0.4, -0.2) is 18.0 Å². The van der Waals surface area contributed by atoms with Gasteiger partial charge in [0.05, 0.1) is 5.56 Å². The van der Waals surface area contributed by atoms with Crippen molar-refractivity contribution >= 4 is 0 Å². The molecule has 1 N–H and O–H groups in total. The second-order valence-corrected chi connectivity index (χ2v) is 7.74. The molecule has 1 aliphatic carbocycles. The lowest BCUT2D eigenvalue weighted by Crippen LogP contribution is -2.34. The molecule has 0 unspecified atom stereocenters. The van der Waals surface area contributed by atoms with Crippen LogP contribution in [0.2, 0.25) is 0 Å². The van der Waals surface area contributed by atoms with Gasteiger partial charge in [-0.2, -0.15) is 0 Å². The van der Waals surface area contributed by atoms with E-state index in [-0.39, 0.29) is 5.75 Å². The van der Waals surface area contributed by atoms with Gasteiger partial charge in [0.1, 0.15) is 11.5 Å². The number of rotatable bonds is 8. The van der Waals surface area contributed by atoms with Crippen molar-refractivity contribution in [2.75, 3.05) is 7.11 Å². The van der Waals surface area contributed by atoms with Gasteiger partial charge in [0.2, 0.25) is 5.79 Å². The Morgan fingerprint density at radius 3 is 2.52 bits per heavy atom. The van der Waals surface area contributed by atoms with Crippen molar-refractivity contribution in [1.82, 2.24) is 0 Å². The molecule has 2 aromatic carbocycles. The summed E-state index contributed by atoms with van der Waals surface area (Å²) in [6, 6.07) is 12.2. The number of aromatic hydroxyl groups is 1. The van der Waals surface area contributed by atoms with Gasteiger partial charge >= 0.3 is 0 Å². The van der Waals surface area contributed by atoms with Crippen LogP contribution in [0.4, 0.5) is 0 Å². The lowest BCUT2D eigenvalue weighted by Gasteiger charge is -2.30. The first-order chi connectivity index (χ1) is 13.1. The Labute approximate surface area is 163 Å². The van der Waals surface area contributed by atoms with E-state index in [0.717, 1.165) is 66.5 Å². The minimum absolute atomic E-state index is 0.286. The predicted molar refractivity (Wildman–Crippen MR) is 110 cm³/mol. The molecular weight excluding hydrogens is 336 g/mol. The van der Waals surface area contributed by atoms with Crippen molar-refractivity contribution in [2.24, 2.45) is 0 Å². The number of hydrogen-bond acceptors (Lipinski definition) is 3. The minimum atomic E-state index is -0.576. The summed E-state index contributed by atoms with van der Waals surface area (Å²) >= 11 is 0. The van der Waals surface area contributed by atoms with Crippen LogP contribution in [0.3, 0.4) is 0 Å². The summed E-state index contributed by atoms with van der Waals surface area (Å²) in [7, 11) is 1.72. The number of ether oxygens (including phenoxy) is 2.